The second-order valence-corrected chi connectivity index (χ2v) is 7.66. The first kappa shape index (κ1) is 23.3. The Hall–Kier alpha value is -3.84. The van der Waals surface area contributed by atoms with E-state index in [0.717, 1.165) is 6.07 Å². The summed E-state index contributed by atoms with van der Waals surface area (Å²) in [7, 11) is 0. The van der Waals surface area contributed by atoms with Crippen molar-refractivity contribution in [2.75, 3.05) is 23.4 Å². The minimum atomic E-state index is -4.86. The van der Waals surface area contributed by atoms with Gasteiger partial charge in [0.05, 0.1) is 33.6 Å². The average molecular weight is 492 g/mol. The number of carbonyl (C=O) groups excluding carboxylic acids is 1. The summed E-state index contributed by atoms with van der Waals surface area (Å²) in [5, 5.41) is 5.65. The second kappa shape index (κ2) is 9.19. The molecule has 3 aromatic carbocycles. The standard InChI is InChI=1S/C23H14ClF4N3O3/c24-17-5-1-2-6-19(17)31-14(11-29-33)12-34-21-15(4-3-7-20(21)31)22(32)30-13-8-9-16(18(25)10-13)23(26,27)28/h3-10,14H,11-12H2,(H,30,32)/t14-/m0/s1. The molecule has 0 fully saturated rings. The van der Waals surface area contributed by atoms with Crippen LogP contribution in [0.4, 0.5) is 34.6 Å². The zero-order chi connectivity index (χ0) is 24.5. The lowest BCUT2D eigenvalue weighted by atomic mass is 10.1. The number of ether oxygens (including phenoxy) is 1. The van der Waals surface area contributed by atoms with Crippen molar-refractivity contribution in [3.63, 3.8) is 0 Å². The third-order valence-electron chi connectivity index (χ3n) is 5.10. The predicted octanol–water partition coefficient (Wildman–Crippen LogP) is 6.02. The maximum Gasteiger partial charge on any atom is 0.419 e. The summed E-state index contributed by atoms with van der Waals surface area (Å²) in [6, 6.07) is 14.8. The first-order chi connectivity index (χ1) is 16.2. The van der Waals surface area contributed by atoms with Crippen LogP contribution in [0.15, 0.2) is 53.7 Å². The highest BCUT2D eigenvalue weighted by Crippen LogP contribution is 2.43. The van der Waals surface area contributed by atoms with Gasteiger partial charge in [0.1, 0.15) is 19.0 Å². The Morgan fingerprint density at radius 1 is 1.21 bits per heavy atom. The lowest BCUT2D eigenvalue weighted by Crippen LogP contribution is -2.42. The molecule has 0 unspecified atom stereocenters. The topological polar surface area (TPSA) is 71.0 Å². The van der Waals surface area contributed by atoms with E-state index in [1.54, 1.807) is 23.1 Å². The molecule has 4 rings (SSSR count). The summed E-state index contributed by atoms with van der Waals surface area (Å²) in [5.74, 6) is -2.10. The van der Waals surface area contributed by atoms with E-state index in [1.165, 1.54) is 12.1 Å². The van der Waals surface area contributed by atoms with Crippen LogP contribution in [-0.4, -0.2) is 25.1 Å². The lowest BCUT2D eigenvalue weighted by Gasteiger charge is -2.38. The largest absolute Gasteiger partial charge is 0.488 e. The molecule has 1 heterocycles. The number of rotatable bonds is 5. The number of amides is 1. The molecule has 0 saturated carbocycles. The maximum atomic E-state index is 13.9. The van der Waals surface area contributed by atoms with Crippen LogP contribution in [0.2, 0.25) is 5.02 Å². The maximum absolute atomic E-state index is 13.9. The Labute approximate surface area is 196 Å². The second-order valence-electron chi connectivity index (χ2n) is 7.26. The van der Waals surface area contributed by atoms with Gasteiger partial charge in [-0.25, -0.2) is 4.39 Å². The normalized spacial score (nSPS) is 15.1. The van der Waals surface area contributed by atoms with E-state index >= 15 is 0 Å². The third-order valence-corrected chi connectivity index (χ3v) is 5.40. The molecule has 0 aliphatic carbocycles. The van der Waals surface area contributed by atoms with E-state index in [0.29, 0.717) is 28.5 Å². The van der Waals surface area contributed by atoms with Crippen molar-refractivity contribution in [1.29, 1.82) is 0 Å². The number of nitrogens with zero attached hydrogens (tertiary/aromatic N) is 2. The number of halogens is 5. The molecule has 3 aromatic rings. The van der Waals surface area contributed by atoms with Crippen LogP contribution >= 0.6 is 11.6 Å². The van der Waals surface area contributed by atoms with Gasteiger partial charge in [0.25, 0.3) is 5.91 Å². The van der Waals surface area contributed by atoms with Crippen molar-refractivity contribution in [3.8, 4) is 5.75 Å². The smallest absolute Gasteiger partial charge is 0.419 e. The predicted molar refractivity (Wildman–Crippen MR) is 117 cm³/mol. The minimum absolute atomic E-state index is 0.00706. The minimum Gasteiger partial charge on any atom is -0.488 e. The molecule has 11 heteroatoms. The Bertz CT molecular complexity index is 1250. The van der Waals surface area contributed by atoms with E-state index in [4.69, 9.17) is 16.3 Å². The van der Waals surface area contributed by atoms with Crippen LogP contribution in [-0.2, 0) is 6.18 Å². The molecule has 1 amide bonds. The molecular weight excluding hydrogens is 478 g/mol. The van der Waals surface area contributed by atoms with Gasteiger partial charge < -0.3 is 15.0 Å². The van der Waals surface area contributed by atoms with Gasteiger partial charge in [0.15, 0.2) is 5.75 Å². The number of hydrogen-bond donors (Lipinski definition) is 1. The molecule has 1 atom stereocenters. The number of hydrogen-bond acceptors (Lipinski definition) is 5. The summed E-state index contributed by atoms with van der Waals surface area (Å²) in [4.78, 5) is 25.6. The average Bonchev–Trinajstić information content (AvgIpc) is 2.78. The lowest BCUT2D eigenvalue weighted by molar-refractivity contribution is -0.139. The Kier molecular flexibility index (Phi) is 6.30. The molecule has 1 aliphatic rings. The van der Waals surface area contributed by atoms with Gasteiger partial charge in [-0.1, -0.05) is 35.0 Å². The Balaban J connectivity index is 1.70. The molecular formula is C23H14ClF4N3O3. The van der Waals surface area contributed by atoms with Crippen molar-refractivity contribution in [1.82, 2.24) is 0 Å². The molecule has 0 saturated heterocycles. The molecule has 1 N–H and O–H groups in total. The van der Waals surface area contributed by atoms with Crippen LogP contribution in [0, 0.1) is 22.9 Å². The van der Waals surface area contributed by atoms with Gasteiger partial charge >= 0.3 is 6.18 Å². The van der Waals surface area contributed by atoms with E-state index in [-0.39, 0.29) is 30.2 Å². The van der Waals surface area contributed by atoms with Crippen molar-refractivity contribution < 1.29 is 27.1 Å². The van der Waals surface area contributed by atoms with Gasteiger partial charge in [-0.05, 0) is 30.3 Å². The number of para-hydroxylation sites is 1. The van der Waals surface area contributed by atoms with Gasteiger partial charge in [-0.15, -0.1) is 0 Å². The van der Waals surface area contributed by atoms with Crippen molar-refractivity contribution >= 4 is 34.6 Å². The molecule has 6 nitrogen and oxygen atoms in total. The van der Waals surface area contributed by atoms with Gasteiger partial charge in [-0.3, -0.25) is 4.79 Å². The number of fused-ring (bicyclic) bond motifs is 1. The van der Waals surface area contributed by atoms with E-state index in [9.17, 15) is 27.3 Å². The fourth-order valence-electron chi connectivity index (χ4n) is 3.61. The summed E-state index contributed by atoms with van der Waals surface area (Å²) in [6.45, 7) is -0.136. The molecule has 0 radical (unpaired) electrons. The number of alkyl halides is 3. The van der Waals surface area contributed by atoms with Crippen LogP contribution < -0.4 is 15.0 Å². The van der Waals surface area contributed by atoms with Crippen LogP contribution in [0.5, 0.6) is 5.75 Å². The Morgan fingerprint density at radius 2 is 1.97 bits per heavy atom. The monoisotopic (exact) mass is 491 g/mol. The number of benzene rings is 2. The highest BCUT2D eigenvalue weighted by atomic mass is 35.5. The zero-order valence-corrected chi connectivity index (χ0v) is 17.9. The molecule has 0 aromatic heterocycles. The van der Waals surface area contributed by atoms with Crippen LogP contribution in [0.1, 0.15) is 15.9 Å². The summed E-state index contributed by atoms with van der Waals surface area (Å²) >= 11 is 6.32. The van der Waals surface area contributed by atoms with E-state index in [1.807, 2.05) is 0 Å². The van der Waals surface area contributed by atoms with Gasteiger partial charge in [-0.2, -0.15) is 18.1 Å². The third kappa shape index (κ3) is 4.47. The number of nitrogens with one attached hydrogen (secondary N) is 1. The van der Waals surface area contributed by atoms with Crippen molar-refractivity contribution in [3.05, 3.63) is 87.5 Å². The SMILES string of the molecule is O=NC[C@H]1COc2c(C(=O)Nc3ccc(C(F)(F)F)c(F)c3)cccc2N1c1cc#ccc1Cl. The first-order valence-corrected chi connectivity index (χ1v) is 10.2. The van der Waals surface area contributed by atoms with E-state index in [2.05, 4.69) is 22.6 Å². The van der Waals surface area contributed by atoms with Gasteiger partial charge in [0, 0.05) is 17.8 Å². The quantitative estimate of drug-likeness (QED) is 0.350. The Morgan fingerprint density at radius 3 is 2.65 bits per heavy atom. The highest BCUT2D eigenvalue weighted by Gasteiger charge is 2.35. The summed E-state index contributed by atoms with van der Waals surface area (Å²) in [6.07, 6.45) is -4.86. The summed E-state index contributed by atoms with van der Waals surface area (Å²) in [5.41, 5.74) is -0.665. The molecule has 34 heavy (non-hydrogen) atoms. The summed E-state index contributed by atoms with van der Waals surface area (Å²) < 4.78 is 58.1. The fourth-order valence-corrected chi connectivity index (χ4v) is 3.81. The van der Waals surface area contributed by atoms with E-state index < -0.39 is 29.5 Å². The van der Waals surface area contributed by atoms with Crippen LogP contribution in [0.25, 0.3) is 0 Å². The zero-order valence-electron chi connectivity index (χ0n) is 17.1. The number of anilines is 3. The van der Waals surface area contributed by atoms with Gasteiger partial charge in [0.2, 0.25) is 0 Å². The molecule has 0 bridgehead atoms. The van der Waals surface area contributed by atoms with Crippen molar-refractivity contribution in [2.45, 2.75) is 12.2 Å². The number of nitroso groups, excluding NO2 is 1. The molecule has 0 spiro atoms. The number of carbonyl (C=O) groups is 1. The van der Waals surface area contributed by atoms with Crippen LogP contribution in [0.3, 0.4) is 0 Å². The first-order valence-electron chi connectivity index (χ1n) is 9.80. The molecule has 174 valence electrons. The highest BCUT2D eigenvalue weighted by molar-refractivity contribution is 6.33. The van der Waals surface area contributed by atoms with Crippen molar-refractivity contribution in [2.24, 2.45) is 5.18 Å². The fraction of sp³-hybridized carbons (Fsp3) is 0.174. The molecule has 1 aliphatic heterocycles.